The highest BCUT2D eigenvalue weighted by atomic mass is 32.2. The minimum atomic E-state index is -1.01. The molecule has 3 saturated heterocycles. The molecule has 0 saturated carbocycles. The monoisotopic (exact) mass is 414 g/mol. The van der Waals surface area contributed by atoms with Crippen molar-refractivity contribution in [3.63, 3.8) is 0 Å². The van der Waals surface area contributed by atoms with Crippen molar-refractivity contribution in [3.05, 3.63) is 65.7 Å². The van der Waals surface area contributed by atoms with Gasteiger partial charge in [-0.05, 0) is 23.3 Å². The summed E-state index contributed by atoms with van der Waals surface area (Å²) >= 11 is 3.03. The van der Waals surface area contributed by atoms with Crippen LogP contribution in [0.25, 0.3) is 0 Å². The summed E-state index contributed by atoms with van der Waals surface area (Å²) in [7, 11) is 3.38. The summed E-state index contributed by atoms with van der Waals surface area (Å²) in [6, 6.07) is 17.7. The van der Waals surface area contributed by atoms with Crippen molar-refractivity contribution < 1.29 is 14.3 Å². The Bertz CT molecular complexity index is 890. The lowest BCUT2D eigenvalue weighted by atomic mass is 9.89. The average Bonchev–Trinajstić information content (AvgIpc) is 2.95. The molecule has 4 atom stereocenters. The normalized spacial score (nSPS) is 27.9. The highest BCUT2D eigenvalue weighted by molar-refractivity contribution is 8.18. The number of likely N-dealkylation sites (N-methyl/N-ethyl adjacent to an activating group) is 1. The molecule has 3 unspecified atom stereocenters. The fraction of sp³-hybridized carbons (Fsp3) is 0.333. The molecule has 0 aliphatic carbocycles. The van der Waals surface area contributed by atoms with E-state index in [0.29, 0.717) is 0 Å². The van der Waals surface area contributed by atoms with Crippen LogP contribution in [0.1, 0.15) is 28.6 Å². The van der Waals surface area contributed by atoms with Crippen LogP contribution in [0, 0.1) is 0 Å². The first-order chi connectivity index (χ1) is 13.5. The molecule has 0 aromatic heterocycles. The van der Waals surface area contributed by atoms with Gasteiger partial charge in [-0.25, -0.2) is 0 Å². The number of rotatable bonds is 4. The first kappa shape index (κ1) is 19.2. The fourth-order valence-corrected chi connectivity index (χ4v) is 7.16. The maximum absolute atomic E-state index is 13.3. The zero-order valence-electron chi connectivity index (χ0n) is 15.9. The van der Waals surface area contributed by atoms with Crippen LogP contribution in [0.2, 0.25) is 0 Å². The molecule has 2 bridgehead atoms. The summed E-state index contributed by atoms with van der Waals surface area (Å²) < 4.78 is 5.20. The van der Waals surface area contributed by atoms with Gasteiger partial charge in [0.15, 0.2) is 10.2 Å². The Balaban J connectivity index is 1.78. The number of nitrogens with one attached hydrogen (secondary N) is 1. The molecule has 28 heavy (non-hydrogen) atoms. The van der Waals surface area contributed by atoms with E-state index in [4.69, 9.17) is 4.74 Å². The SMILES string of the molecule is COc1ccc(C2SC3NC(=O)C([C@@H](C)c4ccccc4)(S2)N(C)C3=O)cc1. The van der Waals surface area contributed by atoms with Crippen LogP contribution in [0.5, 0.6) is 5.75 Å². The van der Waals surface area contributed by atoms with Gasteiger partial charge in [-0.15, -0.1) is 23.5 Å². The number of amides is 2. The van der Waals surface area contributed by atoms with Gasteiger partial charge in [0.05, 0.1) is 11.7 Å². The predicted octanol–water partition coefficient (Wildman–Crippen LogP) is 3.59. The number of fused-ring (bicyclic) bond motifs is 4. The maximum atomic E-state index is 13.3. The van der Waals surface area contributed by atoms with Gasteiger partial charge in [0.2, 0.25) is 0 Å². The van der Waals surface area contributed by atoms with E-state index >= 15 is 0 Å². The third-order valence-electron chi connectivity index (χ3n) is 5.46. The van der Waals surface area contributed by atoms with Gasteiger partial charge in [0, 0.05) is 13.0 Å². The van der Waals surface area contributed by atoms with Crippen LogP contribution in [0.3, 0.4) is 0 Å². The Morgan fingerprint density at radius 1 is 1.11 bits per heavy atom. The summed E-state index contributed by atoms with van der Waals surface area (Å²) in [6.45, 7) is 2.02. The smallest absolute Gasteiger partial charge is 0.258 e. The molecule has 5 rings (SSSR count). The second kappa shape index (κ2) is 7.37. The van der Waals surface area contributed by atoms with Crippen LogP contribution >= 0.6 is 23.5 Å². The Morgan fingerprint density at radius 2 is 1.79 bits per heavy atom. The van der Waals surface area contributed by atoms with Crippen LogP contribution in [-0.4, -0.2) is 41.1 Å². The summed E-state index contributed by atoms with van der Waals surface area (Å²) in [4.78, 5) is 27.0. The number of benzene rings is 2. The molecule has 2 amide bonds. The third kappa shape index (κ3) is 2.97. The molecular formula is C21H22N2O3S2. The highest BCUT2D eigenvalue weighted by Crippen LogP contribution is 2.58. The van der Waals surface area contributed by atoms with Crippen molar-refractivity contribution in [2.45, 2.75) is 27.7 Å². The number of ether oxygens (including phenoxy) is 1. The van der Waals surface area contributed by atoms with Crippen LogP contribution in [0.4, 0.5) is 0 Å². The zero-order chi connectivity index (χ0) is 19.9. The molecule has 7 heteroatoms. The van der Waals surface area contributed by atoms with Crippen molar-refractivity contribution in [1.82, 2.24) is 10.2 Å². The summed E-state index contributed by atoms with van der Waals surface area (Å²) in [5.41, 5.74) is 2.09. The lowest BCUT2D eigenvalue weighted by Crippen LogP contribution is -2.67. The van der Waals surface area contributed by atoms with Crippen molar-refractivity contribution >= 4 is 35.3 Å². The Morgan fingerprint density at radius 3 is 2.43 bits per heavy atom. The maximum Gasteiger partial charge on any atom is 0.258 e. The van der Waals surface area contributed by atoms with Gasteiger partial charge < -0.3 is 15.0 Å². The lowest BCUT2D eigenvalue weighted by molar-refractivity contribution is -0.147. The molecule has 0 radical (unpaired) electrons. The molecule has 2 aromatic rings. The number of piperazine rings is 1. The highest BCUT2D eigenvalue weighted by Gasteiger charge is 2.59. The molecule has 3 heterocycles. The second-order valence-corrected chi connectivity index (χ2v) is 9.78. The van der Waals surface area contributed by atoms with Gasteiger partial charge in [-0.2, -0.15) is 0 Å². The molecule has 3 fully saturated rings. The van der Waals surface area contributed by atoms with E-state index in [2.05, 4.69) is 5.32 Å². The van der Waals surface area contributed by atoms with Crippen molar-refractivity contribution in [2.24, 2.45) is 0 Å². The molecule has 3 aliphatic heterocycles. The Kier molecular flexibility index (Phi) is 5.05. The average molecular weight is 415 g/mol. The van der Waals surface area contributed by atoms with Gasteiger partial charge >= 0.3 is 0 Å². The van der Waals surface area contributed by atoms with E-state index < -0.39 is 10.2 Å². The molecule has 2 aromatic carbocycles. The van der Waals surface area contributed by atoms with E-state index in [1.165, 1.54) is 11.8 Å². The number of hydrogen-bond acceptors (Lipinski definition) is 5. The van der Waals surface area contributed by atoms with Gasteiger partial charge in [-0.3, -0.25) is 9.59 Å². The van der Waals surface area contributed by atoms with Crippen LogP contribution in [-0.2, 0) is 9.59 Å². The van der Waals surface area contributed by atoms with Crippen molar-refractivity contribution in [3.8, 4) is 5.75 Å². The molecule has 0 spiro atoms. The van der Waals surface area contributed by atoms with E-state index in [9.17, 15) is 9.59 Å². The number of carbonyl (C=O) groups excluding carboxylic acids is 2. The number of thioether (sulfide) groups is 2. The first-order valence-corrected chi connectivity index (χ1v) is 10.9. The van der Waals surface area contributed by atoms with Crippen molar-refractivity contribution in [2.75, 3.05) is 14.2 Å². The first-order valence-electron chi connectivity index (χ1n) is 9.08. The largest absolute Gasteiger partial charge is 0.497 e. The minimum Gasteiger partial charge on any atom is -0.497 e. The predicted molar refractivity (Wildman–Crippen MR) is 113 cm³/mol. The van der Waals surface area contributed by atoms with Gasteiger partial charge in [0.25, 0.3) is 11.8 Å². The van der Waals surface area contributed by atoms with E-state index in [0.717, 1.165) is 16.9 Å². The van der Waals surface area contributed by atoms with E-state index in [1.54, 1.807) is 30.8 Å². The van der Waals surface area contributed by atoms with Gasteiger partial charge in [-0.1, -0.05) is 49.4 Å². The number of methoxy groups -OCH3 is 1. The van der Waals surface area contributed by atoms with Crippen molar-refractivity contribution in [1.29, 1.82) is 0 Å². The fourth-order valence-electron chi connectivity index (χ4n) is 3.78. The summed E-state index contributed by atoms with van der Waals surface area (Å²) in [6.07, 6.45) is 0. The lowest BCUT2D eigenvalue weighted by Gasteiger charge is -2.46. The van der Waals surface area contributed by atoms with E-state index in [-0.39, 0.29) is 22.3 Å². The number of nitrogens with zero attached hydrogens (tertiary/aromatic N) is 1. The number of carbonyl (C=O) groups is 2. The standard InChI is InChI=1S/C21H22N2O3S2/c1-13(14-7-5-4-6-8-14)21-20(25)22-17(18(24)23(21)2)27-19(28-21)15-9-11-16(26-3)12-10-15/h4-13,17,19H,1-3H3,(H,22,25)/t13-,17?,19?,21?/m0/s1. The molecule has 1 N–H and O–H groups in total. The number of hydrogen-bond donors (Lipinski definition) is 1. The topological polar surface area (TPSA) is 58.6 Å². The molecule has 146 valence electrons. The van der Waals surface area contributed by atoms with Crippen LogP contribution in [0.15, 0.2) is 54.6 Å². The molecule has 3 aliphatic rings. The van der Waals surface area contributed by atoms with Crippen LogP contribution < -0.4 is 10.1 Å². The minimum absolute atomic E-state index is 0.0594. The second-order valence-electron chi connectivity index (χ2n) is 6.94. The van der Waals surface area contributed by atoms with E-state index in [1.807, 2.05) is 61.5 Å². The molecular weight excluding hydrogens is 392 g/mol. The molecule has 5 nitrogen and oxygen atoms in total. The third-order valence-corrected chi connectivity index (χ3v) is 8.85. The van der Waals surface area contributed by atoms with Gasteiger partial charge in [0.1, 0.15) is 5.75 Å². The zero-order valence-corrected chi connectivity index (χ0v) is 17.5. The Labute approximate surface area is 173 Å². The Hall–Kier alpha value is -2.12. The quantitative estimate of drug-likeness (QED) is 0.829. The summed E-state index contributed by atoms with van der Waals surface area (Å²) in [5, 5.41) is 2.39. The summed E-state index contributed by atoms with van der Waals surface area (Å²) in [5.74, 6) is 0.443.